The molecule has 0 spiro atoms. The number of hydrogen-bond donors (Lipinski definition) is 4. The molecule has 5 N–H and O–H groups in total. The first-order valence-electron chi connectivity index (χ1n) is 11.6. The number of carboxylic acids is 2. The quantitative estimate of drug-likeness (QED) is 0.0662. The number of thiazole rings is 1. The Morgan fingerprint density at radius 3 is 2.56 bits per heavy atom. The first-order valence-corrected chi connectivity index (χ1v) is 14.8. The molecule has 0 aromatic carbocycles. The summed E-state index contributed by atoms with van der Waals surface area (Å²) >= 11 is 2.34. The minimum absolute atomic E-state index is 0. The number of fused-ring (bicyclic) bond motifs is 1. The topological polar surface area (TPSA) is 205 Å². The molecule has 2 amide bonds. The summed E-state index contributed by atoms with van der Waals surface area (Å²) in [4.78, 5) is 60.7. The Morgan fingerprint density at radius 2 is 2.00 bits per heavy atom. The van der Waals surface area contributed by atoms with Crippen molar-refractivity contribution in [1.82, 2.24) is 15.2 Å². The number of thioether (sulfide) groups is 1. The molecule has 0 aliphatic carbocycles. The van der Waals surface area contributed by atoms with Crippen LogP contribution >= 0.6 is 23.1 Å². The highest BCUT2D eigenvalue weighted by atomic mass is 35.5. The lowest BCUT2D eigenvalue weighted by Crippen LogP contribution is -3.00. The number of oxime groups is 1. The molecule has 2 aromatic rings. The van der Waals surface area contributed by atoms with Gasteiger partial charge >= 0.3 is 11.9 Å². The van der Waals surface area contributed by atoms with Crippen LogP contribution in [0.1, 0.15) is 19.5 Å². The molecule has 1 saturated heterocycles. The summed E-state index contributed by atoms with van der Waals surface area (Å²) in [6.45, 7) is 2.44. The lowest BCUT2D eigenvalue weighted by molar-refractivity contribution is -0.671. The van der Waals surface area contributed by atoms with E-state index in [2.05, 4.69) is 15.5 Å². The van der Waals surface area contributed by atoms with E-state index in [4.69, 9.17) is 10.6 Å². The number of aryl methyl sites for hydroxylation is 1. The summed E-state index contributed by atoms with van der Waals surface area (Å²) in [6, 6.07) is 2.38. The van der Waals surface area contributed by atoms with Gasteiger partial charge in [0.2, 0.25) is 5.60 Å². The third-order valence-electron chi connectivity index (χ3n) is 5.91. The number of β-lactam (4-membered cyclic amide) rings is 1. The highest BCUT2D eigenvalue weighted by molar-refractivity contribution is 7.99. The fraction of sp³-hybridized carbons (Fsp3) is 0.348. The number of nitrogens with two attached hydrogens (primary N) is 1. The monoisotopic (exact) mass is 644 g/mol. The van der Waals surface area contributed by atoms with Gasteiger partial charge in [0.05, 0.1) is 16.6 Å². The van der Waals surface area contributed by atoms with Crippen LogP contribution in [0.2, 0.25) is 0 Å². The van der Waals surface area contributed by atoms with E-state index in [-0.39, 0.29) is 40.4 Å². The molecular formula is C23H25ClN6O8S3. The number of amides is 2. The largest absolute Gasteiger partial charge is 1.00 e. The number of carboxylic acid groups (broad SMARTS) is 2. The standard InChI is InChI=1S/C23H24N6O8S3.ClH/c1-23(2,21(34)35)37-27-14(13-9-39-22(24)25-13)17(30)26-15-18(31)29-16(20(32)33)11(10-40(36)19(15)29)8-38-12-4-6-28(3)7-5-12;/h4-7,9,15,19H,8,10H2,1-3H3,(H4-,24,25,26,30,32,33,34,35);1H. The van der Waals surface area contributed by atoms with Gasteiger partial charge in [0, 0.05) is 28.2 Å². The Balaban J connectivity index is 0.00000462. The molecule has 41 heavy (non-hydrogen) atoms. The Kier molecular flexibility index (Phi) is 9.78. The smallest absolute Gasteiger partial charge is 0.352 e. The number of anilines is 1. The number of nitrogens with zero attached hydrogens (tertiary/aromatic N) is 4. The Hall–Kier alpha value is -3.54. The summed E-state index contributed by atoms with van der Waals surface area (Å²) in [7, 11) is 0.128. The normalized spacial score (nSPS) is 20.5. The van der Waals surface area contributed by atoms with Crippen LogP contribution in [0, 0.1) is 0 Å². The molecule has 0 saturated carbocycles. The predicted molar refractivity (Wildman–Crippen MR) is 144 cm³/mol. The van der Waals surface area contributed by atoms with Crippen molar-refractivity contribution in [3.8, 4) is 0 Å². The van der Waals surface area contributed by atoms with Crippen LogP contribution in [0.3, 0.4) is 0 Å². The van der Waals surface area contributed by atoms with Crippen molar-refractivity contribution in [3.63, 3.8) is 0 Å². The predicted octanol–water partition coefficient (Wildman–Crippen LogP) is -3.32. The maximum Gasteiger partial charge on any atom is 0.352 e. The first kappa shape index (κ1) is 32.0. The molecule has 1 fully saturated rings. The Morgan fingerprint density at radius 1 is 1.34 bits per heavy atom. The molecule has 3 unspecified atom stereocenters. The van der Waals surface area contributed by atoms with E-state index in [0.717, 1.165) is 21.1 Å². The van der Waals surface area contributed by atoms with Crippen molar-refractivity contribution in [1.29, 1.82) is 0 Å². The highest BCUT2D eigenvalue weighted by Crippen LogP contribution is 2.36. The highest BCUT2D eigenvalue weighted by Gasteiger charge is 2.57. The van der Waals surface area contributed by atoms with Crippen LogP contribution in [0.5, 0.6) is 0 Å². The molecule has 14 nitrogen and oxygen atoms in total. The van der Waals surface area contributed by atoms with E-state index in [9.17, 15) is 33.6 Å². The van der Waals surface area contributed by atoms with Crippen LogP contribution in [-0.2, 0) is 41.9 Å². The summed E-state index contributed by atoms with van der Waals surface area (Å²) in [6.07, 6.45) is 3.67. The number of aromatic nitrogens is 2. The number of rotatable bonds is 10. The van der Waals surface area contributed by atoms with Gasteiger partial charge in [0.25, 0.3) is 11.8 Å². The van der Waals surface area contributed by atoms with Crippen molar-refractivity contribution in [2.45, 2.75) is 35.8 Å². The van der Waals surface area contributed by atoms with Gasteiger partial charge in [0.1, 0.15) is 29.9 Å². The first-order chi connectivity index (χ1) is 18.8. The fourth-order valence-electron chi connectivity index (χ4n) is 3.73. The van der Waals surface area contributed by atoms with Gasteiger partial charge in [-0.25, -0.2) is 19.1 Å². The molecule has 4 rings (SSSR count). The second kappa shape index (κ2) is 12.5. The number of pyridine rings is 1. The summed E-state index contributed by atoms with van der Waals surface area (Å²) in [5.74, 6) is -4.33. The average Bonchev–Trinajstić information content (AvgIpc) is 3.31. The van der Waals surface area contributed by atoms with Gasteiger partial charge in [0.15, 0.2) is 23.2 Å². The molecule has 4 heterocycles. The molecule has 3 atom stereocenters. The number of carbonyl (C=O) groups excluding carboxylic acids is 2. The van der Waals surface area contributed by atoms with E-state index in [1.54, 1.807) is 0 Å². The molecule has 2 aliphatic heterocycles. The zero-order valence-corrected chi connectivity index (χ0v) is 25.0. The maximum absolute atomic E-state index is 13.2. The van der Waals surface area contributed by atoms with E-state index >= 15 is 0 Å². The van der Waals surface area contributed by atoms with Crippen molar-refractivity contribution in [3.05, 3.63) is 46.9 Å². The fourth-order valence-corrected chi connectivity index (χ4v) is 6.98. The van der Waals surface area contributed by atoms with Gasteiger partial charge in [-0.15, -0.1) is 23.1 Å². The summed E-state index contributed by atoms with van der Waals surface area (Å²) in [5, 5.41) is 25.7. The lowest BCUT2D eigenvalue weighted by Gasteiger charge is -2.49. The van der Waals surface area contributed by atoms with Gasteiger partial charge in [-0.2, -0.15) is 0 Å². The van der Waals surface area contributed by atoms with E-state index in [1.807, 2.05) is 36.1 Å². The minimum atomic E-state index is -1.80. The number of hydrogen-bond acceptors (Lipinski definition) is 11. The Bertz CT molecular complexity index is 1480. The van der Waals surface area contributed by atoms with Crippen LogP contribution in [0.4, 0.5) is 5.13 Å². The molecule has 0 bridgehead atoms. The van der Waals surface area contributed by atoms with Gasteiger partial charge in [-0.1, -0.05) is 5.16 Å². The molecular weight excluding hydrogens is 620 g/mol. The number of nitrogen functional groups attached to an aromatic ring is 1. The number of carbonyl (C=O) groups is 4. The second-order valence-corrected chi connectivity index (χ2v) is 12.7. The van der Waals surface area contributed by atoms with Gasteiger partial charge in [-0.05, 0) is 19.4 Å². The summed E-state index contributed by atoms with van der Waals surface area (Å²) in [5.41, 5.74) is 3.44. The molecule has 0 radical (unpaired) electrons. The third-order valence-corrected chi connectivity index (χ3v) is 9.34. The molecule has 18 heteroatoms. The minimum Gasteiger partial charge on any atom is -1.00 e. The van der Waals surface area contributed by atoms with Gasteiger partial charge in [-0.3, -0.25) is 18.7 Å². The van der Waals surface area contributed by atoms with E-state index < -0.39 is 57.3 Å². The van der Waals surface area contributed by atoms with E-state index in [0.29, 0.717) is 5.57 Å². The van der Waals surface area contributed by atoms with Crippen LogP contribution < -0.4 is 28.0 Å². The summed E-state index contributed by atoms with van der Waals surface area (Å²) < 4.78 is 15.0. The van der Waals surface area contributed by atoms with Crippen LogP contribution in [0.25, 0.3) is 0 Å². The van der Waals surface area contributed by atoms with Crippen molar-refractivity contribution in [2.24, 2.45) is 12.2 Å². The maximum atomic E-state index is 13.2. The zero-order valence-electron chi connectivity index (χ0n) is 21.8. The third kappa shape index (κ3) is 6.69. The molecule has 2 aromatic heterocycles. The number of nitrogens with one attached hydrogen (secondary N) is 1. The number of aliphatic carboxylic acids is 2. The van der Waals surface area contributed by atoms with Crippen molar-refractivity contribution in [2.75, 3.05) is 17.2 Å². The Labute approximate surface area is 250 Å². The van der Waals surface area contributed by atoms with E-state index in [1.165, 1.54) is 31.0 Å². The zero-order chi connectivity index (χ0) is 29.4. The van der Waals surface area contributed by atoms with Crippen LogP contribution in [-0.4, -0.2) is 82.3 Å². The average molecular weight is 645 g/mol. The van der Waals surface area contributed by atoms with Crippen molar-refractivity contribution >= 4 is 68.5 Å². The second-order valence-electron chi connectivity index (χ2n) is 9.24. The lowest BCUT2D eigenvalue weighted by atomic mass is 10.0. The van der Waals surface area contributed by atoms with Gasteiger partial charge < -0.3 is 38.5 Å². The molecule has 220 valence electrons. The van der Waals surface area contributed by atoms with Crippen molar-refractivity contribution < 1.29 is 55.4 Å². The van der Waals surface area contributed by atoms with Crippen LogP contribution in [0.15, 0.2) is 51.2 Å². The molecule has 2 aliphatic rings. The SMILES string of the molecule is C[n+]1ccc(SCC2=C(C(=O)O)N3C(=O)C(NC(=O)C(=NOC(C)(C)C(=O)O)c4csc(N)n4)C3S(=O)C2)cc1.[Cl-]. The number of halogens is 1.